The van der Waals surface area contributed by atoms with Crippen LogP contribution >= 0.6 is 11.6 Å². The fraction of sp³-hybridized carbons (Fsp3) is 0.0469. The summed E-state index contributed by atoms with van der Waals surface area (Å²) < 4.78 is 34.1. The number of benzene rings is 10. The Morgan fingerprint density at radius 3 is 1.62 bits per heavy atom. The lowest BCUT2D eigenvalue weighted by molar-refractivity contribution is 0.0690. The first-order valence-electron chi connectivity index (χ1n) is 24.4. The van der Waals surface area contributed by atoms with Crippen molar-refractivity contribution in [3.63, 3.8) is 0 Å². The molecule has 16 heteroatoms. The normalized spacial score (nSPS) is 10.9. The number of phenols is 1. The molecule has 80 heavy (non-hydrogen) atoms. The molecule has 0 aromatic heterocycles. The third-order valence-corrected chi connectivity index (χ3v) is 13.1. The maximum atomic E-state index is 13.7. The largest absolute Gasteiger partial charge is 0.507 e. The van der Waals surface area contributed by atoms with Gasteiger partial charge in [-0.15, -0.1) is 0 Å². The molecular weight excluding hydrogens is 1040 g/mol. The number of fused-ring (bicyclic) bond motifs is 3. The monoisotopic (exact) mass is 1080 g/mol. The number of ether oxygens (including phenoxy) is 6. The van der Waals surface area contributed by atoms with Crippen LogP contribution in [0.1, 0.15) is 89.2 Å². The average molecular weight is 1090 g/mol. The van der Waals surface area contributed by atoms with Gasteiger partial charge >= 0.3 is 41.8 Å². The summed E-state index contributed by atoms with van der Waals surface area (Å²) >= 11 is 6.11. The lowest BCUT2D eigenvalue weighted by Crippen LogP contribution is -2.14. The molecule has 0 bridgehead atoms. The number of phenolic OH excluding ortho intramolecular Hbond substituents is 1. The molecule has 0 saturated heterocycles. The summed E-state index contributed by atoms with van der Waals surface area (Å²) in [5, 5.41) is 22.8. The number of rotatable bonds is 13. The highest BCUT2D eigenvalue weighted by Gasteiger charge is 2.22. The summed E-state index contributed by atoms with van der Waals surface area (Å²) in [4.78, 5) is 91.5. The smallest absolute Gasteiger partial charge is 0.344 e. The number of aromatic carboxylic acids is 1. The molecular formula is C64H41ClO15. The molecule has 10 rings (SSSR count). The summed E-state index contributed by atoms with van der Waals surface area (Å²) in [7, 11) is 0. The van der Waals surface area contributed by atoms with Gasteiger partial charge in [-0.3, -0.25) is 0 Å². The van der Waals surface area contributed by atoms with Crippen LogP contribution in [-0.2, 0) is 0 Å². The first-order valence-corrected chi connectivity index (χ1v) is 24.8. The number of carbonyl (C=O) groups excluding carboxylic acids is 6. The SMILES string of the molecule is Cc1cc(C(=O)Oc2ccc(C(=O)O)cc2Cl)ccc1OC(=O)c1cccc(OC(=O)c2cc(C)c(OC(=O)c3ccc4cc(OC(=O)c5cccc6c(OC(=O)c7ccc(O)c8ccccc78)cccc56)ccc4c3)c(C)c2)c1. The van der Waals surface area contributed by atoms with E-state index in [0.29, 0.717) is 49.0 Å². The quantitative estimate of drug-likeness (QED) is 0.0811. The molecule has 0 saturated carbocycles. The van der Waals surface area contributed by atoms with Gasteiger partial charge < -0.3 is 38.6 Å². The van der Waals surface area contributed by atoms with Crippen LogP contribution < -0.4 is 28.4 Å². The number of aryl methyl sites for hydroxylation is 3. The summed E-state index contributed by atoms with van der Waals surface area (Å²) in [5.74, 6) is -4.55. The Labute approximate surface area is 459 Å². The Hall–Kier alpha value is -10.6. The van der Waals surface area contributed by atoms with Crippen molar-refractivity contribution in [3.05, 3.63) is 243 Å². The number of esters is 6. The molecule has 0 aliphatic rings. The molecule has 0 radical (unpaired) electrons. The van der Waals surface area contributed by atoms with E-state index in [-0.39, 0.29) is 84.2 Å². The van der Waals surface area contributed by atoms with Crippen molar-refractivity contribution < 1.29 is 72.2 Å². The molecule has 0 atom stereocenters. The number of hydrogen-bond donors (Lipinski definition) is 2. The first-order chi connectivity index (χ1) is 38.5. The van der Waals surface area contributed by atoms with Gasteiger partial charge in [-0.2, -0.15) is 0 Å². The molecule has 10 aromatic carbocycles. The molecule has 2 N–H and O–H groups in total. The summed E-state index contributed by atoms with van der Waals surface area (Å²) in [6.07, 6.45) is 0. The molecule has 0 spiro atoms. The van der Waals surface area contributed by atoms with Crippen LogP contribution in [0.15, 0.2) is 182 Å². The van der Waals surface area contributed by atoms with E-state index >= 15 is 0 Å². The van der Waals surface area contributed by atoms with E-state index < -0.39 is 41.8 Å². The maximum Gasteiger partial charge on any atom is 0.344 e. The number of carboxylic acid groups (broad SMARTS) is 1. The van der Waals surface area contributed by atoms with Gasteiger partial charge in [0, 0.05) is 10.8 Å². The second-order valence-corrected chi connectivity index (χ2v) is 18.7. The van der Waals surface area contributed by atoms with Gasteiger partial charge in [-0.05, 0) is 174 Å². The average Bonchev–Trinajstić information content (AvgIpc) is 3.49. The number of carbonyl (C=O) groups is 7. The molecule has 0 heterocycles. The van der Waals surface area contributed by atoms with Gasteiger partial charge in [0.2, 0.25) is 0 Å². The summed E-state index contributed by atoms with van der Waals surface area (Å²) in [5.41, 5.74) is 2.31. The fourth-order valence-corrected chi connectivity index (χ4v) is 9.12. The Balaban J connectivity index is 0.754. The van der Waals surface area contributed by atoms with Gasteiger partial charge in [0.25, 0.3) is 0 Å². The van der Waals surface area contributed by atoms with E-state index in [0.717, 1.165) is 6.07 Å². The predicted molar refractivity (Wildman–Crippen MR) is 295 cm³/mol. The van der Waals surface area contributed by atoms with Crippen molar-refractivity contribution in [2.45, 2.75) is 20.8 Å². The highest BCUT2D eigenvalue weighted by atomic mass is 35.5. The van der Waals surface area contributed by atoms with Crippen LogP contribution in [0.25, 0.3) is 32.3 Å². The van der Waals surface area contributed by atoms with Crippen molar-refractivity contribution in [1.29, 1.82) is 0 Å². The lowest BCUT2D eigenvalue weighted by Gasteiger charge is -2.14. The molecule has 0 fully saturated rings. The Morgan fingerprint density at radius 2 is 0.875 bits per heavy atom. The van der Waals surface area contributed by atoms with Gasteiger partial charge in [-0.1, -0.05) is 78.3 Å². The van der Waals surface area contributed by atoms with Crippen LogP contribution in [0.4, 0.5) is 0 Å². The molecule has 0 aliphatic carbocycles. The Kier molecular flexibility index (Phi) is 14.6. The highest BCUT2D eigenvalue weighted by Crippen LogP contribution is 2.34. The van der Waals surface area contributed by atoms with E-state index in [2.05, 4.69) is 0 Å². The fourth-order valence-electron chi connectivity index (χ4n) is 8.90. The van der Waals surface area contributed by atoms with Crippen LogP contribution in [-0.4, -0.2) is 52.0 Å². The molecule has 0 aliphatic heterocycles. The predicted octanol–water partition coefficient (Wildman–Crippen LogP) is 13.4. The van der Waals surface area contributed by atoms with Gasteiger partial charge in [-0.25, -0.2) is 33.6 Å². The third-order valence-electron chi connectivity index (χ3n) is 12.8. The molecule has 15 nitrogen and oxygen atoms in total. The standard InChI is InChI=1S/C64H41ClO15/c1-34-27-41(60(70)79-56-26-20-39(58(67)68)33-52(56)65)21-25-54(34)77-59(69)40-9-6-10-44(32-40)75-62(72)43-28-35(2)57(36(3)29-43)80-61(71)42-18-17-38-31-45(22-19-37(38)30-42)76-63(73)50-15-7-14-49-47(50)13-8-16-55(49)78-64(74)51-23-24-53(66)48-12-5-4-11-46(48)51/h4-33,66H,1-3H3,(H,67,68). The van der Waals surface area contributed by atoms with Crippen LogP contribution in [0.5, 0.6) is 40.2 Å². The minimum Gasteiger partial charge on any atom is -0.507 e. The van der Waals surface area contributed by atoms with Gasteiger partial charge in [0.1, 0.15) is 40.2 Å². The molecule has 0 unspecified atom stereocenters. The number of aromatic hydroxyl groups is 1. The van der Waals surface area contributed by atoms with E-state index in [1.165, 1.54) is 78.9 Å². The zero-order chi connectivity index (χ0) is 56.4. The van der Waals surface area contributed by atoms with Gasteiger partial charge in [0.05, 0.1) is 44.0 Å². The highest BCUT2D eigenvalue weighted by molar-refractivity contribution is 6.32. The minimum absolute atomic E-state index is 0.0368. The number of hydrogen-bond acceptors (Lipinski definition) is 14. The molecule has 0 amide bonds. The van der Waals surface area contributed by atoms with E-state index in [1.807, 2.05) is 0 Å². The number of halogens is 1. The zero-order valence-corrected chi connectivity index (χ0v) is 43.2. The second-order valence-electron chi connectivity index (χ2n) is 18.3. The van der Waals surface area contributed by atoms with E-state index in [1.54, 1.807) is 118 Å². The van der Waals surface area contributed by atoms with E-state index in [4.69, 9.17) is 45.1 Å². The van der Waals surface area contributed by atoms with Gasteiger partial charge in [0.15, 0.2) is 0 Å². The minimum atomic E-state index is -1.19. The van der Waals surface area contributed by atoms with E-state index in [9.17, 15) is 38.7 Å². The summed E-state index contributed by atoms with van der Waals surface area (Å²) in [6.45, 7) is 4.96. The molecule has 10 aromatic rings. The second kappa shape index (κ2) is 22.1. The third kappa shape index (κ3) is 11.1. The Bertz CT molecular complexity index is 4230. The zero-order valence-electron chi connectivity index (χ0n) is 42.4. The Morgan fingerprint density at radius 1 is 0.362 bits per heavy atom. The van der Waals surface area contributed by atoms with Crippen molar-refractivity contribution in [2.75, 3.05) is 0 Å². The van der Waals surface area contributed by atoms with Crippen LogP contribution in [0, 0.1) is 20.8 Å². The first kappa shape index (κ1) is 52.8. The van der Waals surface area contributed by atoms with Crippen LogP contribution in [0.3, 0.4) is 0 Å². The molecule has 394 valence electrons. The van der Waals surface area contributed by atoms with Crippen LogP contribution in [0.2, 0.25) is 5.02 Å². The topological polar surface area (TPSA) is 215 Å². The summed E-state index contributed by atoms with van der Waals surface area (Å²) in [6, 6.07) is 46.5. The van der Waals surface area contributed by atoms with Crippen molar-refractivity contribution in [1.82, 2.24) is 0 Å². The lowest BCUT2D eigenvalue weighted by atomic mass is 10.0. The van der Waals surface area contributed by atoms with Crippen molar-refractivity contribution >= 4 is 85.7 Å². The maximum absolute atomic E-state index is 13.7. The van der Waals surface area contributed by atoms with Crippen molar-refractivity contribution in [3.8, 4) is 40.2 Å². The van der Waals surface area contributed by atoms with Crippen molar-refractivity contribution in [2.24, 2.45) is 0 Å². The number of carboxylic acids is 1.